The molecule has 0 atom stereocenters. The van der Waals surface area contributed by atoms with Gasteiger partial charge in [0.1, 0.15) is 6.61 Å². The fourth-order valence-corrected chi connectivity index (χ4v) is 4.95. The van der Waals surface area contributed by atoms with E-state index in [2.05, 4.69) is 0 Å². The lowest BCUT2D eigenvalue weighted by atomic mass is 10.1. The van der Waals surface area contributed by atoms with E-state index in [0.717, 1.165) is 27.8 Å². The maximum Gasteiger partial charge on any atom is 0.293 e. The molecule has 0 aromatic heterocycles. The van der Waals surface area contributed by atoms with Crippen molar-refractivity contribution >= 4 is 57.9 Å². The third-order valence-electron chi connectivity index (χ3n) is 5.12. The SMILES string of the molecule is Cc1cccc(COc2c(Cl)cc(/C=C3/SC(=O)N(Cc4cccc([N+](=O)[O-])c4)C3=O)cc2Cl)c1. The summed E-state index contributed by atoms with van der Waals surface area (Å²) in [5.74, 6) is -0.177. The topological polar surface area (TPSA) is 89.8 Å². The van der Waals surface area contributed by atoms with Gasteiger partial charge in [-0.05, 0) is 53.6 Å². The van der Waals surface area contributed by atoms with E-state index in [1.54, 1.807) is 18.2 Å². The summed E-state index contributed by atoms with van der Waals surface area (Å²) in [7, 11) is 0. The number of nitrogens with zero attached hydrogens (tertiary/aromatic N) is 2. The Morgan fingerprint density at radius 3 is 2.40 bits per heavy atom. The Kier molecular flexibility index (Phi) is 7.45. The Labute approximate surface area is 215 Å². The van der Waals surface area contributed by atoms with Crippen LogP contribution in [0.1, 0.15) is 22.3 Å². The van der Waals surface area contributed by atoms with Crippen LogP contribution < -0.4 is 4.74 Å². The van der Waals surface area contributed by atoms with E-state index in [4.69, 9.17) is 27.9 Å². The minimum Gasteiger partial charge on any atom is -0.486 e. The van der Waals surface area contributed by atoms with Crippen LogP contribution in [0.2, 0.25) is 10.0 Å². The molecule has 0 bridgehead atoms. The highest BCUT2D eigenvalue weighted by atomic mass is 35.5. The number of halogens is 2. The number of benzene rings is 3. The molecule has 10 heteroatoms. The monoisotopic (exact) mass is 528 g/mol. The Morgan fingerprint density at radius 2 is 1.71 bits per heavy atom. The number of thioether (sulfide) groups is 1. The van der Waals surface area contributed by atoms with Crippen molar-refractivity contribution < 1.29 is 19.2 Å². The number of hydrogen-bond donors (Lipinski definition) is 0. The zero-order chi connectivity index (χ0) is 25.1. The molecule has 3 aromatic carbocycles. The van der Waals surface area contributed by atoms with Gasteiger partial charge >= 0.3 is 0 Å². The number of carbonyl (C=O) groups excluding carboxylic acids is 2. The lowest BCUT2D eigenvalue weighted by molar-refractivity contribution is -0.384. The summed E-state index contributed by atoms with van der Waals surface area (Å²) < 4.78 is 5.81. The van der Waals surface area contributed by atoms with E-state index >= 15 is 0 Å². The van der Waals surface area contributed by atoms with Crippen LogP contribution in [-0.4, -0.2) is 21.0 Å². The number of ether oxygens (including phenoxy) is 1. The van der Waals surface area contributed by atoms with Gasteiger partial charge in [-0.15, -0.1) is 0 Å². The highest BCUT2D eigenvalue weighted by Gasteiger charge is 2.35. The number of amides is 2. The maximum absolute atomic E-state index is 12.9. The first-order valence-corrected chi connectivity index (χ1v) is 11.9. The van der Waals surface area contributed by atoms with Gasteiger partial charge in [0, 0.05) is 12.1 Å². The van der Waals surface area contributed by atoms with E-state index in [1.807, 2.05) is 31.2 Å². The van der Waals surface area contributed by atoms with Crippen molar-refractivity contribution in [3.05, 3.63) is 108 Å². The van der Waals surface area contributed by atoms with Crippen LogP contribution in [-0.2, 0) is 17.9 Å². The van der Waals surface area contributed by atoms with Crippen molar-refractivity contribution in [1.29, 1.82) is 0 Å². The number of nitro groups is 1. The van der Waals surface area contributed by atoms with E-state index in [1.165, 1.54) is 24.3 Å². The summed E-state index contributed by atoms with van der Waals surface area (Å²) in [5.41, 5.74) is 2.98. The molecule has 0 aliphatic carbocycles. The van der Waals surface area contributed by atoms with Crippen LogP contribution in [0.25, 0.3) is 6.08 Å². The average molecular weight is 529 g/mol. The van der Waals surface area contributed by atoms with Crippen molar-refractivity contribution in [2.24, 2.45) is 0 Å². The molecular weight excluding hydrogens is 511 g/mol. The molecule has 2 amide bonds. The molecule has 1 heterocycles. The first-order valence-electron chi connectivity index (χ1n) is 10.4. The third-order valence-corrected chi connectivity index (χ3v) is 6.59. The molecule has 0 saturated carbocycles. The van der Waals surface area contributed by atoms with E-state index in [0.29, 0.717) is 16.9 Å². The number of carbonyl (C=O) groups is 2. The lowest BCUT2D eigenvalue weighted by Gasteiger charge is -2.12. The fraction of sp³-hybridized carbons (Fsp3) is 0.120. The van der Waals surface area contributed by atoms with Gasteiger partial charge in [0.25, 0.3) is 16.8 Å². The predicted octanol–water partition coefficient (Wildman–Crippen LogP) is 7.03. The maximum atomic E-state index is 12.9. The number of aryl methyl sites for hydroxylation is 1. The van der Waals surface area contributed by atoms with Crippen molar-refractivity contribution in [1.82, 2.24) is 4.90 Å². The summed E-state index contributed by atoms with van der Waals surface area (Å²) >= 11 is 13.6. The molecule has 178 valence electrons. The average Bonchev–Trinajstić information content (AvgIpc) is 3.06. The van der Waals surface area contributed by atoms with Crippen LogP contribution in [0, 0.1) is 17.0 Å². The Morgan fingerprint density at radius 1 is 1.03 bits per heavy atom. The molecule has 0 unspecified atom stereocenters. The van der Waals surface area contributed by atoms with Gasteiger partial charge in [0.15, 0.2) is 5.75 Å². The molecule has 1 aliphatic heterocycles. The number of nitro benzene ring substituents is 1. The number of imide groups is 1. The molecule has 0 radical (unpaired) electrons. The molecule has 35 heavy (non-hydrogen) atoms. The van der Waals surface area contributed by atoms with Crippen LogP contribution in [0.5, 0.6) is 5.75 Å². The molecular formula is C25H18Cl2N2O5S. The van der Waals surface area contributed by atoms with Crippen LogP contribution in [0.15, 0.2) is 65.6 Å². The molecule has 1 fully saturated rings. The van der Waals surface area contributed by atoms with Gasteiger partial charge in [0.2, 0.25) is 0 Å². The predicted molar refractivity (Wildman–Crippen MR) is 137 cm³/mol. The van der Waals surface area contributed by atoms with Crippen LogP contribution >= 0.6 is 35.0 Å². The summed E-state index contributed by atoms with van der Waals surface area (Å²) in [4.78, 5) is 37.0. The van der Waals surface area contributed by atoms with E-state index < -0.39 is 16.1 Å². The van der Waals surface area contributed by atoms with E-state index in [9.17, 15) is 19.7 Å². The van der Waals surface area contributed by atoms with Crippen molar-refractivity contribution in [3.8, 4) is 5.75 Å². The summed E-state index contributed by atoms with van der Waals surface area (Å²) in [5, 5.41) is 11.1. The van der Waals surface area contributed by atoms with Gasteiger partial charge in [-0.2, -0.15) is 0 Å². The normalized spacial score (nSPS) is 14.6. The van der Waals surface area contributed by atoms with Gasteiger partial charge in [-0.1, -0.05) is 65.2 Å². The molecule has 1 saturated heterocycles. The Balaban J connectivity index is 1.50. The molecule has 3 aromatic rings. The Hall–Kier alpha value is -3.33. The highest BCUT2D eigenvalue weighted by molar-refractivity contribution is 8.18. The molecule has 7 nitrogen and oxygen atoms in total. The van der Waals surface area contributed by atoms with Gasteiger partial charge in [0.05, 0.1) is 26.4 Å². The van der Waals surface area contributed by atoms with E-state index in [-0.39, 0.29) is 33.8 Å². The number of rotatable bonds is 7. The van der Waals surface area contributed by atoms with Gasteiger partial charge in [-0.25, -0.2) is 0 Å². The zero-order valence-electron chi connectivity index (χ0n) is 18.4. The highest BCUT2D eigenvalue weighted by Crippen LogP contribution is 2.38. The van der Waals surface area contributed by atoms with Crippen molar-refractivity contribution in [2.45, 2.75) is 20.1 Å². The quantitative estimate of drug-likeness (QED) is 0.186. The minimum atomic E-state index is -0.529. The van der Waals surface area contributed by atoms with Gasteiger partial charge in [-0.3, -0.25) is 24.6 Å². The summed E-state index contributed by atoms with van der Waals surface area (Å²) in [6, 6.07) is 16.9. The minimum absolute atomic E-state index is 0.0725. The first kappa shape index (κ1) is 24.8. The second kappa shape index (κ2) is 10.5. The second-order valence-corrected chi connectivity index (χ2v) is 9.59. The van der Waals surface area contributed by atoms with Crippen LogP contribution in [0.3, 0.4) is 0 Å². The van der Waals surface area contributed by atoms with Crippen LogP contribution in [0.4, 0.5) is 10.5 Å². The molecule has 4 rings (SSSR count). The standard InChI is InChI=1S/C25H18Cl2N2O5S/c1-15-4-2-6-17(8-15)14-34-23-20(26)10-18(11-21(23)27)12-22-24(30)28(25(31)35-22)13-16-5-3-7-19(9-16)29(32)33/h2-12H,13-14H2,1H3/b22-12+. The molecule has 0 N–H and O–H groups in total. The third kappa shape index (κ3) is 5.85. The first-order chi connectivity index (χ1) is 16.7. The van der Waals surface area contributed by atoms with Gasteiger partial charge < -0.3 is 4.74 Å². The Bertz CT molecular complexity index is 1350. The zero-order valence-corrected chi connectivity index (χ0v) is 20.7. The lowest BCUT2D eigenvalue weighted by Crippen LogP contribution is -2.27. The second-order valence-electron chi connectivity index (χ2n) is 7.79. The number of non-ortho nitro benzene ring substituents is 1. The summed E-state index contributed by atoms with van der Waals surface area (Å²) in [6.45, 7) is 2.21. The fourth-order valence-electron chi connectivity index (χ4n) is 3.50. The van der Waals surface area contributed by atoms with Crippen molar-refractivity contribution in [2.75, 3.05) is 0 Å². The largest absolute Gasteiger partial charge is 0.486 e. The summed E-state index contributed by atoms with van der Waals surface area (Å²) in [6.07, 6.45) is 1.53. The smallest absolute Gasteiger partial charge is 0.293 e. The molecule has 0 spiro atoms. The number of hydrogen-bond acceptors (Lipinski definition) is 6. The van der Waals surface area contributed by atoms with Crippen molar-refractivity contribution in [3.63, 3.8) is 0 Å². The molecule has 1 aliphatic rings.